The van der Waals surface area contributed by atoms with Crippen molar-refractivity contribution < 1.29 is 14.3 Å². The van der Waals surface area contributed by atoms with E-state index in [-0.39, 0.29) is 0 Å². The Morgan fingerprint density at radius 1 is 1.13 bits per heavy atom. The SMILES string of the molecule is CCOc1cc(/C=C/C(N)=O)ccc1OCc1ccc(Br)cc1. The third kappa shape index (κ3) is 5.45. The Labute approximate surface area is 144 Å². The standard InChI is InChI=1S/C18H18BrNO3/c1-2-22-17-11-13(6-10-18(20)21)5-9-16(17)23-12-14-3-7-15(19)8-4-14/h3-11H,2,12H2,1H3,(H2,20,21)/b10-6+. The molecule has 0 bridgehead atoms. The van der Waals surface area contributed by atoms with Crippen LogP contribution >= 0.6 is 15.9 Å². The van der Waals surface area contributed by atoms with Gasteiger partial charge >= 0.3 is 0 Å². The van der Waals surface area contributed by atoms with Gasteiger partial charge in [0.1, 0.15) is 6.61 Å². The largest absolute Gasteiger partial charge is 0.490 e. The van der Waals surface area contributed by atoms with Gasteiger partial charge in [0.15, 0.2) is 11.5 Å². The Balaban J connectivity index is 2.13. The smallest absolute Gasteiger partial charge is 0.241 e. The summed E-state index contributed by atoms with van der Waals surface area (Å²) in [5.74, 6) is 0.806. The molecule has 0 saturated carbocycles. The summed E-state index contributed by atoms with van der Waals surface area (Å²) >= 11 is 3.41. The Morgan fingerprint density at radius 3 is 2.52 bits per heavy atom. The number of primary amides is 1. The summed E-state index contributed by atoms with van der Waals surface area (Å²) in [4.78, 5) is 10.8. The van der Waals surface area contributed by atoms with Gasteiger partial charge in [-0.3, -0.25) is 4.79 Å². The van der Waals surface area contributed by atoms with Gasteiger partial charge in [-0.1, -0.05) is 34.1 Å². The van der Waals surface area contributed by atoms with E-state index in [0.29, 0.717) is 24.7 Å². The maximum absolute atomic E-state index is 10.8. The fourth-order valence-electron chi connectivity index (χ4n) is 1.94. The first-order valence-electron chi connectivity index (χ1n) is 7.20. The maximum Gasteiger partial charge on any atom is 0.241 e. The van der Waals surface area contributed by atoms with Crippen LogP contribution in [0.3, 0.4) is 0 Å². The first-order chi connectivity index (χ1) is 11.1. The van der Waals surface area contributed by atoms with Crippen LogP contribution in [-0.4, -0.2) is 12.5 Å². The molecule has 23 heavy (non-hydrogen) atoms. The van der Waals surface area contributed by atoms with Gasteiger partial charge in [0.25, 0.3) is 0 Å². The van der Waals surface area contributed by atoms with Crippen molar-refractivity contribution in [2.24, 2.45) is 5.73 Å². The normalized spacial score (nSPS) is 10.7. The second-order valence-corrected chi connectivity index (χ2v) is 5.71. The Kier molecular flexibility index (Phi) is 6.23. The summed E-state index contributed by atoms with van der Waals surface area (Å²) < 4.78 is 12.5. The lowest BCUT2D eigenvalue weighted by Gasteiger charge is -2.13. The van der Waals surface area contributed by atoms with E-state index >= 15 is 0 Å². The van der Waals surface area contributed by atoms with E-state index in [4.69, 9.17) is 15.2 Å². The Bertz CT molecular complexity index is 696. The van der Waals surface area contributed by atoms with Crippen molar-refractivity contribution in [2.45, 2.75) is 13.5 Å². The molecule has 0 spiro atoms. The highest BCUT2D eigenvalue weighted by Crippen LogP contribution is 2.30. The van der Waals surface area contributed by atoms with Gasteiger partial charge < -0.3 is 15.2 Å². The maximum atomic E-state index is 10.8. The zero-order valence-corrected chi connectivity index (χ0v) is 14.4. The molecule has 1 amide bonds. The van der Waals surface area contributed by atoms with E-state index < -0.39 is 5.91 Å². The quantitative estimate of drug-likeness (QED) is 0.745. The van der Waals surface area contributed by atoms with Crippen LogP contribution < -0.4 is 15.2 Å². The van der Waals surface area contributed by atoms with Crippen LogP contribution in [0.5, 0.6) is 11.5 Å². The van der Waals surface area contributed by atoms with Gasteiger partial charge in [0, 0.05) is 10.5 Å². The number of benzene rings is 2. The molecule has 0 unspecified atom stereocenters. The zero-order valence-electron chi connectivity index (χ0n) is 12.8. The number of ether oxygens (including phenoxy) is 2. The van der Waals surface area contributed by atoms with Crippen molar-refractivity contribution >= 4 is 27.9 Å². The fraction of sp³-hybridized carbons (Fsp3) is 0.167. The minimum Gasteiger partial charge on any atom is -0.490 e. The molecular formula is C18H18BrNO3. The summed E-state index contributed by atoms with van der Waals surface area (Å²) in [7, 11) is 0. The van der Waals surface area contributed by atoms with Gasteiger partial charge in [-0.25, -0.2) is 0 Å². The van der Waals surface area contributed by atoms with Crippen LogP contribution in [-0.2, 0) is 11.4 Å². The molecule has 0 fully saturated rings. The van der Waals surface area contributed by atoms with Crippen LogP contribution in [0.2, 0.25) is 0 Å². The predicted octanol–water partition coefficient (Wildman–Crippen LogP) is 3.93. The lowest BCUT2D eigenvalue weighted by atomic mass is 10.2. The van der Waals surface area contributed by atoms with Gasteiger partial charge in [0.05, 0.1) is 6.61 Å². The van der Waals surface area contributed by atoms with Gasteiger partial charge in [-0.05, 0) is 48.4 Å². The molecule has 2 aromatic rings. The third-order valence-electron chi connectivity index (χ3n) is 3.02. The molecule has 2 aromatic carbocycles. The molecule has 0 aliphatic heterocycles. The first-order valence-corrected chi connectivity index (χ1v) is 7.99. The monoisotopic (exact) mass is 375 g/mol. The Hall–Kier alpha value is -2.27. The highest BCUT2D eigenvalue weighted by Gasteiger charge is 2.06. The molecule has 2 N–H and O–H groups in total. The summed E-state index contributed by atoms with van der Waals surface area (Å²) in [6.07, 6.45) is 2.96. The van der Waals surface area contributed by atoms with Crippen LogP contribution in [0.25, 0.3) is 6.08 Å². The highest BCUT2D eigenvalue weighted by atomic mass is 79.9. The molecule has 0 atom stereocenters. The van der Waals surface area contributed by atoms with Crippen molar-refractivity contribution in [2.75, 3.05) is 6.61 Å². The minimum atomic E-state index is -0.487. The number of nitrogens with two attached hydrogens (primary N) is 1. The number of hydrogen-bond acceptors (Lipinski definition) is 3. The molecule has 0 saturated heterocycles. The molecule has 5 heteroatoms. The minimum absolute atomic E-state index is 0.448. The summed E-state index contributed by atoms with van der Waals surface area (Å²) in [6, 6.07) is 13.4. The van der Waals surface area contributed by atoms with Crippen molar-refractivity contribution in [3.63, 3.8) is 0 Å². The number of rotatable bonds is 7. The molecule has 0 aliphatic rings. The molecule has 0 aliphatic carbocycles. The highest BCUT2D eigenvalue weighted by molar-refractivity contribution is 9.10. The topological polar surface area (TPSA) is 61.5 Å². The summed E-state index contributed by atoms with van der Waals surface area (Å²) in [5, 5.41) is 0. The predicted molar refractivity (Wildman–Crippen MR) is 94.3 cm³/mol. The first kappa shape index (κ1) is 17.1. The lowest BCUT2D eigenvalue weighted by molar-refractivity contribution is -0.113. The van der Waals surface area contributed by atoms with E-state index in [0.717, 1.165) is 15.6 Å². The van der Waals surface area contributed by atoms with Crippen LogP contribution in [0.4, 0.5) is 0 Å². The number of amides is 1. The second kappa shape index (κ2) is 8.39. The van der Waals surface area contributed by atoms with Crippen molar-refractivity contribution in [3.05, 3.63) is 64.1 Å². The molecule has 4 nitrogen and oxygen atoms in total. The third-order valence-corrected chi connectivity index (χ3v) is 3.54. The van der Waals surface area contributed by atoms with Crippen molar-refractivity contribution in [1.29, 1.82) is 0 Å². The van der Waals surface area contributed by atoms with Crippen LogP contribution in [0.1, 0.15) is 18.1 Å². The number of hydrogen-bond donors (Lipinski definition) is 1. The lowest BCUT2D eigenvalue weighted by Crippen LogP contribution is -2.05. The summed E-state index contributed by atoms with van der Waals surface area (Å²) in [5.41, 5.74) is 6.99. The average Bonchev–Trinajstić information content (AvgIpc) is 2.54. The molecule has 120 valence electrons. The molecule has 2 rings (SSSR count). The fourth-order valence-corrected chi connectivity index (χ4v) is 2.20. The van der Waals surface area contributed by atoms with Crippen molar-refractivity contribution in [1.82, 2.24) is 0 Å². The molecule has 0 heterocycles. The Morgan fingerprint density at radius 2 is 1.87 bits per heavy atom. The van der Waals surface area contributed by atoms with Gasteiger partial charge in [0.2, 0.25) is 5.91 Å². The van der Waals surface area contributed by atoms with Crippen LogP contribution in [0.15, 0.2) is 53.0 Å². The second-order valence-electron chi connectivity index (χ2n) is 4.79. The van der Waals surface area contributed by atoms with E-state index in [9.17, 15) is 4.79 Å². The van der Waals surface area contributed by atoms with E-state index in [1.54, 1.807) is 6.08 Å². The number of carbonyl (C=O) groups is 1. The summed E-state index contributed by atoms with van der Waals surface area (Å²) in [6.45, 7) is 2.88. The molecule has 0 radical (unpaired) electrons. The van der Waals surface area contributed by atoms with E-state index in [2.05, 4.69) is 15.9 Å². The molecule has 0 aromatic heterocycles. The number of halogens is 1. The van der Waals surface area contributed by atoms with E-state index in [1.165, 1.54) is 6.08 Å². The zero-order chi connectivity index (χ0) is 16.7. The van der Waals surface area contributed by atoms with E-state index in [1.807, 2.05) is 49.4 Å². The van der Waals surface area contributed by atoms with Crippen molar-refractivity contribution in [3.8, 4) is 11.5 Å². The number of carbonyl (C=O) groups excluding carboxylic acids is 1. The van der Waals surface area contributed by atoms with Gasteiger partial charge in [-0.2, -0.15) is 0 Å². The van der Waals surface area contributed by atoms with Crippen LogP contribution in [0, 0.1) is 0 Å². The molecular weight excluding hydrogens is 358 g/mol. The average molecular weight is 376 g/mol. The van der Waals surface area contributed by atoms with Gasteiger partial charge in [-0.15, -0.1) is 0 Å².